The molecule has 0 unspecified atom stereocenters. The molecule has 5 nitrogen and oxygen atoms in total. The summed E-state index contributed by atoms with van der Waals surface area (Å²) in [5.74, 6) is 1.59. The number of nitrogens with zero attached hydrogens (tertiary/aromatic N) is 2. The summed E-state index contributed by atoms with van der Waals surface area (Å²) in [4.78, 5) is 17.3. The molecule has 3 fully saturated rings. The number of hydrogen-bond donors (Lipinski definition) is 1. The van der Waals surface area contributed by atoms with Gasteiger partial charge < -0.3 is 15.4 Å². The van der Waals surface area contributed by atoms with Gasteiger partial charge in [-0.1, -0.05) is 36.6 Å². The maximum absolute atomic E-state index is 13.3. The Hall–Kier alpha value is -2.24. The monoisotopic (exact) mass is 481 g/mol. The van der Waals surface area contributed by atoms with Crippen LogP contribution in [-0.4, -0.2) is 43.2 Å². The van der Waals surface area contributed by atoms with Crippen LogP contribution < -0.4 is 15.4 Å². The highest BCUT2D eigenvalue weighted by atomic mass is 35.5. The Kier molecular flexibility index (Phi) is 7.03. The average Bonchev–Trinajstić information content (AvgIpc) is 3.53. The summed E-state index contributed by atoms with van der Waals surface area (Å²) in [6.45, 7) is 2.91. The van der Waals surface area contributed by atoms with E-state index in [9.17, 15) is 4.79 Å². The first kappa shape index (κ1) is 23.5. The predicted molar refractivity (Wildman–Crippen MR) is 138 cm³/mol. The summed E-state index contributed by atoms with van der Waals surface area (Å²) >= 11 is 6.26. The molecule has 0 aromatic heterocycles. The minimum atomic E-state index is -0.0435. The van der Waals surface area contributed by atoms with Gasteiger partial charge in [0.25, 0.3) is 0 Å². The molecule has 0 bridgehead atoms. The van der Waals surface area contributed by atoms with E-state index in [0.29, 0.717) is 12.5 Å². The molecule has 2 aliphatic carbocycles. The molecule has 1 heterocycles. The molecule has 1 aliphatic heterocycles. The molecule has 2 aromatic carbocycles. The lowest BCUT2D eigenvalue weighted by atomic mass is 9.68. The van der Waals surface area contributed by atoms with Gasteiger partial charge in [0.05, 0.1) is 6.61 Å². The zero-order valence-electron chi connectivity index (χ0n) is 19.9. The third-order valence-electron chi connectivity index (χ3n) is 8.33. The lowest BCUT2D eigenvalue weighted by Gasteiger charge is -2.42. The highest BCUT2D eigenvalue weighted by molar-refractivity contribution is 6.30. The summed E-state index contributed by atoms with van der Waals surface area (Å²) in [6, 6.07) is 16.5. The van der Waals surface area contributed by atoms with Gasteiger partial charge in [-0.3, -0.25) is 4.90 Å². The van der Waals surface area contributed by atoms with Gasteiger partial charge in [0, 0.05) is 41.8 Å². The number of amides is 2. The number of benzene rings is 2. The molecule has 34 heavy (non-hydrogen) atoms. The summed E-state index contributed by atoms with van der Waals surface area (Å²) < 4.78 is 5.99. The van der Waals surface area contributed by atoms with Gasteiger partial charge in [-0.05, 0) is 86.4 Å². The summed E-state index contributed by atoms with van der Waals surface area (Å²) in [7, 11) is 0. The van der Waals surface area contributed by atoms with Crippen LogP contribution in [0.1, 0.15) is 56.9 Å². The second kappa shape index (κ2) is 10.2. The van der Waals surface area contributed by atoms with E-state index in [4.69, 9.17) is 22.1 Å². The normalized spacial score (nSPS) is 25.8. The Morgan fingerprint density at radius 2 is 1.74 bits per heavy atom. The number of carbonyl (C=O) groups is 1. The number of halogens is 1. The van der Waals surface area contributed by atoms with Crippen LogP contribution in [0.25, 0.3) is 0 Å². The highest BCUT2D eigenvalue weighted by Crippen LogP contribution is 2.41. The number of nitrogens with two attached hydrogens (primary N) is 1. The van der Waals surface area contributed by atoms with E-state index in [1.165, 1.54) is 31.2 Å². The van der Waals surface area contributed by atoms with Crippen molar-refractivity contribution in [1.82, 2.24) is 4.90 Å². The van der Waals surface area contributed by atoms with Crippen LogP contribution in [0.15, 0.2) is 48.5 Å². The zero-order chi connectivity index (χ0) is 23.5. The van der Waals surface area contributed by atoms with E-state index in [1.54, 1.807) is 0 Å². The van der Waals surface area contributed by atoms with Crippen LogP contribution in [0.3, 0.4) is 0 Å². The van der Waals surface area contributed by atoms with Crippen molar-refractivity contribution < 1.29 is 9.53 Å². The lowest BCUT2D eigenvalue weighted by Crippen LogP contribution is -2.46. The number of ether oxygens (including phenoxy) is 1. The van der Waals surface area contributed by atoms with Crippen LogP contribution in [0.4, 0.5) is 10.5 Å². The van der Waals surface area contributed by atoms with Gasteiger partial charge in [0.1, 0.15) is 5.75 Å². The van der Waals surface area contributed by atoms with Crippen molar-refractivity contribution in [2.45, 2.75) is 62.8 Å². The smallest absolute Gasteiger partial charge is 0.324 e. The molecule has 2 aromatic rings. The van der Waals surface area contributed by atoms with Crippen molar-refractivity contribution in [3.63, 3.8) is 0 Å². The fourth-order valence-corrected chi connectivity index (χ4v) is 6.33. The number of anilines is 1. The molecule has 2 N–H and O–H groups in total. The molecule has 182 valence electrons. The van der Waals surface area contributed by atoms with Crippen LogP contribution in [-0.2, 0) is 5.41 Å². The third-order valence-corrected chi connectivity index (χ3v) is 8.57. The van der Waals surface area contributed by atoms with Crippen molar-refractivity contribution in [1.29, 1.82) is 0 Å². The molecule has 2 amide bonds. The molecule has 0 atom stereocenters. The van der Waals surface area contributed by atoms with Crippen LogP contribution >= 0.6 is 11.6 Å². The molecule has 3 aliphatic rings. The summed E-state index contributed by atoms with van der Waals surface area (Å²) in [5.41, 5.74) is 8.41. The predicted octanol–water partition coefficient (Wildman–Crippen LogP) is 5.99. The van der Waals surface area contributed by atoms with E-state index in [2.05, 4.69) is 17.0 Å². The Balaban J connectivity index is 1.18. The standard InChI is InChI=1S/C28H36ClN3O2/c29-23-7-3-6-22(18-23)28(20-30)14-12-25(13-15-28)32-17-16-31(27(32)33)24-8-10-26(11-9-24)34-19-21-4-1-2-5-21/h3,6-11,18,21,25H,1-2,4-5,12-17,19-20,30H2/t25-,28-. The van der Waals surface area contributed by atoms with E-state index >= 15 is 0 Å². The summed E-state index contributed by atoms with van der Waals surface area (Å²) in [6.07, 6.45) is 9.11. The van der Waals surface area contributed by atoms with Crippen LogP contribution in [0.5, 0.6) is 5.75 Å². The lowest BCUT2D eigenvalue weighted by molar-refractivity contribution is 0.156. The Bertz CT molecular complexity index is 981. The molecule has 0 spiro atoms. The van der Waals surface area contributed by atoms with Crippen molar-refractivity contribution >= 4 is 23.3 Å². The second-order valence-electron chi connectivity index (χ2n) is 10.3. The number of hydrogen-bond acceptors (Lipinski definition) is 3. The molecular formula is C28H36ClN3O2. The molecular weight excluding hydrogens is 446 g/mol. The molecule has 2 saturated carbocycles. The highest BCUT2D eigenvalue weighted by Gasteiger charge is 2.41. The first-order chi connectivity index (χ1) is 16.6. The minimum absolute atomic E-state index is 0.0435. The van der Waals surface area contributed by atoms with E-state index in [-0.39, 0.29) is 17.5 Å². The van der Waals surface area contributed by atoms with Gasteiger partial charge in [-0.2, -0.15) is 0 Å². The zero-order valence-corrected chi connectivity index (χ0v) is 20.7. The van der Waals surface area contributed by atoms with Gasteiger partial charge in [0.2, 0.25) is 0 Å². The van der Waals surface area contributed by atoms with Gasteiger partial charge >= 0.3 is 6.03 Å². The first-order valence-corrected chi connectivity index (χ1v) is 13.2. The number of carbonyl (C=O) groups excluding carboxylic acids is 1. The second-order valence-corrected chi connectivity index (χ2v) is 10.7. The van der Waals surface area contributed by atoms with E-state index < -0.39 is 0 Å². The fraction of sp³-hybridized carbons (Fsp3) is 0.536. The van der Waals surface area contributed by atoms with Gasteiger partial charge in [-0.25, -0.2) is 4.79 Å². The molecule has 0 radical (unpaired) electrons. The maximum Gasteiger partial charge on any atom is 0.324 e. The van der Waals surface area contributed by atoms with Crippen LogP contribution in [0.2, 0.25) is 5.02 Å². The SMILES string of the molecule is NC[C@]1(c2cccc(Cl)c2)CC[C@H](N2CCN(c3ccc(OCC4CCCC4)cc3)C2=O)CC1. The van der Waals surface area contributed by atoms with E-state index in [1.807, 2.05) is 41.3 Å². The quantitative estimate of drug-likeness (QED) is 0.528. The minimum Gasteiger partial charge on any atom is -0.493 e. The molecule has 1 saturated heterocycles. The topological polar surface area (TPSA) is 58.8 Å². The van der Waals surface area contributed by atoms with Crippen molar-refractivity contribution in [3.05, 3.63) is 59.1 Å². The van der Waals surface area contributed by atoms with Gasteiger partial charge in [-0.15, -0.1) is 0 Å². The Morgan fingerprint density at radius 1 is 1.00 bits per heavy atom. The van der Waals surface area contributed by atoms with E-state index in [0.717, 1.165) is 61.8 Å². The number of urea groups is 1. The Morgan fingerprint density at radius 3 is 2.41 bits per heavy atom. The van der Waals surface area contributed by atoms with Crippen LogP contribution in [0, 0.1) is 5.92 Å². The third kappa shape index (κ3) is 4.78. The summed E-state index contributed by atoms with van der Waals surface area (Å²) in [5, 5.41) is 0.757. The largest absolute Gasteiger partial charge is 0.493 e. The molecule has 5 rings (SSSR count). The average molecular weight is 482 g/mol. The fourth-order valence-electron chi connectivity index (χ4n) is 6.14. The first-order valence-electron chi connectivity index (χ1n) is 12.9. The van der Waals surface area contributed by atoms with Crippen molar-refractivity contribution in [2.24, 2.45) is 11.7 Å². The molecule has 6 heteroatoms. The van der Waals surface area contributed by atoms with Gasteiger partial charge in [0.15, 0.2) is 0 Å². The van der Waals surface area contributed by atoms with Crippen molar-refractivity contribution in [3.8, 4) is 5.75 Å². The van der Waals surface area contributed by atoms with Crippen molar-refractivity contribution in [2.75, 3.05) is 31.1 Å². The number of rotatable bonds is 7. The Labute approximate surface area is 208 Å². The maximum atomic E-state index is 13.3.